The van der Waals surface area contributed by atoms with Gasteiger partial charge in [0.2, 0.25) is 0 Å². The maximum atomic E-state index is 13.1. The predicted molar refractivity (Wildman–Crippen MR) is 101 cm³/mol. The third kappa shape index (κ3) is 2.59. The number of aromatic nitrogens is 3. The maximum Gasteiger partial charge on any atom is 0.267 e. The first-order chi connectivity index (χ1) is 12.2. The van der Waals surface area contributed by atoms with Gasteiger partial charge in [-0.1, -0.05) is 36.5 Å². The predicted octanol–water partition coefficient (Wildman–Crippen LogP) is 3.96. The van der Waals surface area contributed by atoms with Crippen molar-refractivity contribution >= 4 is 32.5 Å². The number of nitrogens with zero attached hydrogens (tertiary/aromatic N) is 3. The first kappa shape index (κ1) is 15.8. The van der Waals surface area contributed by atoms with E-state index in [9.17, 15) is 4.79 Å². The zero-order valence-electron chi connectivity index (χ0n) is 14.0. The Morgan fingerprint density at radius 3 is 2.72 bits per heavy atom. The van der Waals surface area contributed by atoms with E-state index >= 15 is 0 Å². The molecular formula is C19H17N3O2S. The van der Waals surface area contributed by atoms with E-state index in [1.165, 1.54) is 11.3 Å². The lowest BCUT2D eigenvalue weighted by molar-refractivity contribution is 0.343. The van der Waals surface area contributed by atoms with Crippen LogP contribution in [-0.4, -0.2) is 21.1 Å². The monoisotopic (exact) mass is 351 g/mol. The molecule has 5 nitrogen and oxygen atoms in total. The molecule has 0 N–H and O–H groups in total. The molecule has 4 rings (SSSR count). The molecule has 2 aromatic heterocycles. The average molecular weight is 351 g/mol. The molecule has 0 aliphatic carbocycles. The second-order valence-corrected chi connectivity index (χ2v) is 6.58. The van der Waals surface area contributed by atoms with Crippen LogP contribution in [0.5, 0.6) is 5.75 Å². The van der Waals surface area contributed by atoms with Crippen LogP contribution in [-0.2, 0) is 6.42 Å². The third-order valence-electron chi connectivity index (χ3n) is 4.02. The SMILES string of the molecule is CCOc1cccc2sc(-n3c(CC)nc4ccccc4c3=O)nc12. The van der Waals surface area contributed by atoms with Crippen LogP contribution in [0, 0.1) is 0 Å². The van der Waals surface area contributed by atoms with E-state index in [1.807, 2.05) is 50.2 Å². The quantitative estimate of drug-likeness (QED) is 0.558. The smallest absolute Gasteiger partial charge is 0.267 e. The highest BCUT2D eigenvalue weighted by molar-refractivity contribution is 7.20. The fraction of sp³-hybridized carbons (Fsp3) is 0.211. The van der Waals surface area contributed by atoms with Crippen molar-refractivity contribution in [2.45, 2.75) is 20.3 Å². The zero-order chi connectivity index (χ0) is 17.4. The molecule has 126 valence electrons. The molecule has 0 atom stereocenters. The molecule has 0 unspecified atom stereocenters. The molecular weight excluding hydrogens is 334 g/mol. The van der Waals surface area contributed by atoms with Crippen LogP contribution in [0.15, 0.2) is 47.3 Å². The highest BCUT2D eigenvalue weighted by Gasteiger charge is 2.16. The van der Waals surface area contributed by atoms with Gasteiger partial charge >= 0.3 is 0 Å². The molecule has 2 aromatic carbocycles. The number of thiazole rings is 1. The van der Waals surface area contributed by atoms with E-state index in [2.05, 4.69) is 4.98 Å². The van der Waals surface area contributed by atoms with Crippen LogP contribution in [0.3, 0.4) is 0 Å². The number of hydrogen-bond donors (Lipinski definition) is 0. The van der Waals surface area contributed by atoms with Gasteiger partial charge in [-0.25, -0.2) is 14.5 Å². The van der Waals surface area contributed by atoms with Crippen molar-refractivity contribution in [3.8, 4) is 10.9 Å². The lowest BCUT2D eigenvalue weighted by Crippen LogP contribution is -2.23. The van der Waals surface area contributed by atoms with Crippen molar-refractivity contribution in [3.05, 3.63) is 58.6 Å². The summed E-state index contributed by atoms with van der Waals surface area (Å²) < 4.78 is 8.28. The topological polar surface area (TPSA) is 57.0 Å². The van der Waals surface area contributed by atoms with Crippen molar-refractivity contribution in [2.75, 3.05) is 6.61 Å². The first-order valence-corrected chi connectivity index (χ1v) is 9.08. The normalized spacial score (nSPS) is 11.3. The van der Waals surface area contributed by atoms with E-state index in [0.29, 0.717) is 29.4 Å². The van der Waals surface area contributed by atoms with Crippen LogP contribution in [0.25, 0.3) is 26.3 Å². The summed E-state index contributed by atoms with van der Waals surface area (Å²) in [5.74, 6) is 1.45. The van der Waals surface area contributed by atoms with E-state index in [1.54, 1.807) is 10.6 Å². The van der Waals surface area contributed by atoms with Gasteiger partial charge in [0.25, 0.3) is 5.56 Å². The van der Waals surface area contributed by atoms with Crippen molar-refractivity contribution in [3.63, 3.8) is 0 Å². The van der Waals surface area contributed by atoms with Crippen LogP contribution in [0.4, 0.5) is 0 Å². The summed E-state index contributed by atoms with van der Waals surface area (Å²) in [4.78, 5) is 22.4. The van der Waals surface area contributed by atoms with Crippen LogP contribution in [0.1, 0.15) is 19.7 Å². The Bertz CT molecular complexity index is 1130. The number of rotatable bonds is 4. The number of fused-ring (bicyclic) bond motifs is 2. The number of aryl methyl sites for hydroxylation is 1. The lowest BCUT2D eigenvalue weighted by Gasteiger charge is -2.09. The summed E-state index contributed by atoms with van der Waals surface area (Å²) in [6.07, 6.45) is 0.647. The van der Waals surface area contributed by atoms with Gasteiger partial charge in [-0.2, -0.15) is 0 Å². The van der Waals surface area contributed by atoms with Crippen LogP contribution in [0.2, 0.25) is 0 Å². The minimum Gasteiger partial charge on any atom is -0.492 e. The molecule has 0 radical (unpaired) electrons. The van der Waals surface area contributed by atoms with Gasteiger partial charge < -0.3 is 4.74 Å². The molecule has 0 saturated heterocycles. The fourth-order valence-corrected chi connectivity index (χ4v) is 3.90. The number of ether oxygens (including phenoxy) is 1. The van der Waals surface area contributed by atoms with Gasteiger partial charge in [0, 0.05) is 6.42 Å². The second kappa shape index (κ2) is 6.29. The van der Waals surface area contributed by atoms with Crippen molar-refractivity contribution in [1.82, 2.24) is 14.5 Å². The lowest BCUT2D eigenvalue weighted by atomic mass is 10.2. The van der Waals surface area contributed by atoms with Crippen molar-refractivity contribution < 1.29 is 4.74 Å². The molecule has 0 aliphatic heterocycles. The molecule has 4 aromatic rings. The maximum absolute atomic E-state index is 13.1. The van der Waals surface area contributed by atoms with Crippen molar-refractivity contribution in [1.29, 1.82) is 0 Å². The summed E-state index contributed by atoms with van der Waals surface area (Å²) in [6, 6.07) is 13.3. The summed E-state index contributed by atoms with van der Waals surface area (Å²) in [6.45, 7) is 4.51. The van der Waals surface area contributed by atoms with Crippen molar-refractivity contribution in [2.24, 2.45) is 0 Å². The van der Waals surface area contributed by atoms with Gasteiger partial charge in [0.05, 0.1) is 22.2 Å². The Hall–Kier alpha value is -2.73. The van der Waals surface area contributed by atoms with Gasteiger partial charge in [-0.3, -0.25) is 4.79 Å². The zero-order valence-corrected chi connectivity index (χ0v) is 14.8. The Morgan fingerprint density at radius 1 is 1.08 bits per heavy atom. The molecule has 0 fully saturated rings. The molecule has 0 amide bonds. The molecule has 0 spiro atoms. The summed E-state index contributed by atoms with van der Waals surface area (Å²) in [5.41, 5.74) is 1.42. The summed E-state index contributed by atoms with van der Waals surface area (Å²) in [5, 5.41) is 1.23. The molecule has 0 aliphatic rings. The number of para-hydroxylation sites is 2. The van der Waals surface area contributed by atoms with E-state index in [0.717, 1.165) is 21.5 Å². The molecule has 25 heavy (non-hydrogen) atoms. The molecule has 0 bridgehead atoms. The largest absolute Gasteiger partial charge is 0.492 e. The number of hydrogen-bond acceptors (Lipinski definition) is 5. The molecule has 2 heterocycles. The van der Waals surface area contributed by atoms with Gasteiger partial charge in [0.1, 0.15) is 17.1 Å². The van der Waals surface area contributed by atoms with Gasteiger partial charge in [-0.05, 0) is 31.2 Å². The second-order valence-electron chi connectivity index (χ2n) is 5.57. The van der Waals surface area contributed by atoms with E-state index < -0.39 is 0 Å². The minimum atomic E-state index is -0.0838. The number of benzene rings is 2. The van der Waals surface area contributed by atoms with Gasteiger partial charge in [-0.15, -0.1) is 0 Å². The first-order valence-electron chi connectivity index (χ1n) is 8.26. The third-order valence-corrected chi connectivity index (χ3v) is 5.03. The molecule has 0 saturated carbocycles. The van der Waals surface area contributed by atoms with E-state index in [-0.39, 0.29) is 5.56 Å². The van der Waals surface area contributed by atoms with E-state index in [4.69, 9.17) is 9.72 Å². The fourth-order valence-electron chi connectivity index (χ4n) is 2.89. The summed E-state index contributed by atoms with van der Waals surface area (Å²) in [7, 11) is 0. The highest BCUT2D eigenvalue weighted by Crippen LogP contribution is 2.31. The average Bonchev–Trinajstić information content (AvgIpc) is 3.06. The standard InChI is InChI=1S/C19H17N3O2S/c1-3-16-20-13-9-6-5-8-12(13)18(23)22(16)19-21-17-14(24-4-2)10-7-11-15(17)25-19/h5-11H,3-4H2,1-2H3. The Morgan fingerprint density at radius 2 is 1.92 bits per heavy atom. The Balaban J connectivity index is 2.01. The highest BCUT2D eigenvalue weighted by atomic mass is 32.1. The van der Waals surface area contributed by atoms with Gasteiger partial charge in [0.15, 0.2) is 5.13 Å². The van der Waals surface area contributed by atoms with Crippen LogP contribution >= 0.6 is 11.3 Å². The minimum absolute atomic E-state index is 0.0838. The molecule has 6 heteroatoms. The summed E-state index contributed by atoms with van der Waals surface area (Å²) >= 11 is 1.47. The van der Waals surface area contributed by atoms with Crippen LogP contribution < -0.4 is 10.3 Å². The Kier molecular flexibility index (Phi) is 3.97. The Labute approximate surface area is 148 Å².